The number of methoxy groups -OCH3 is 1. The summed E-state index contributed by atoms with van der Waals surface area (Å²) in [5.74, 6) is 1.91. The van der Waals surface area contributed by atoms with Gasteiger partial charge in [0.25, 0.3) is 0 Å². The Bertz CT molecular complexity index is 417. The predicted octanol–water partition coefficient (Wildman–Crippen LogP) is 3.47. The third-order valence-corrected chi connectivity index (χ3v) is 4.44. The number of hydrogen-bond acceptors (Lipinski definition) is 3. The van der Waals surface area contributed by atoms with Crippen molar-refractivity contribution in [3.63, 3.8) is 0 Å². The first-order valence-corrected chi connectivity index (χ1v) is 8.29. The molecule has 3 heteroatoms. The van der Waals surface area contributed by atoms with Crippen LogP contribution in [0.15, 0.2) is 24.3 Å². The van der Waals surface area contributed by atoms with Gasteiger partial charge in [0.2, 0.25) is 0 Å². The Hall–Kier alpha value is -1.06. The van der Waals surface area contributed by atoms with Crippen LogP contribution in [0.2, 0.25) is 0 Å². The summed E-state index contributed by atoms with van der Waals surface area (Å²) in [6.07, 6.45) is 5.39. The molecule has 3 nitrogen and oxygen atoms in total. The number of rotatable bonds is 9. The number of benzene rings is 1. The van der Waals surface area contributed by atoms with Gasteiger partial charge >= 0.3 is 0 Å². The van der Waals surface area contributed by atoms with Gasteiger partial charge in [0.1, 0.15) is 5.75 Å². The van der Waals surface area contributed by atoms with E-state index in [-0.39, 0.29) is 0 Å². The largest absolute Gasteiger partial charge is 0.496 e. The summed E-state index contributed by atoms with van der Waals surface area (Å²) in [5.41, 5.74) is 1.27. The maximum Gasteiger partial charge on any atom is 0.123 e. The molecule has 1 aliphatic carbocycles. The van der Waals surface area contributed by atoms with Crippen LogP contribution in [0, 0.1) is 5.92 Å². The minimum atomic E-state index is 0.339. The molecule has 0 aromatic heterocycles. The molecule has 21 heavy (non-hydrogen) atoms. The van der Waals surface area contributed by atoms with Gasteiger partial charge in [-0.1, -0.05) is 31.5 Å². The van der Waals surface area contributed by atoms with Crippen molar-refractivity contribution in [2.45, 2.75) is 38.6 Å². The fourth-order valence-corrected chi connectivity index (χ4v) is 3.05. The van der Waals surface area contributed by atoms with Crippen LogP contribution in [0.1, 0.15) is 44.2 Å². The second-order valence-electron chi connectivity index (χ2n) is 6.27. The van der Waals surface area contributed by atoms with Gasteiger partial charge in [0, 0.05) is 24.7 Å². The highest BCUT2D eigenvalue weighted by atomic mass is 16.5. The summed E-state index contributed by atoms with van der Waals surface area (Å²) in [6, 6.07) is 8.72. The molecular formula is C18H30N2O. The Labute approximate surface area is 129 Å². The summed E-state index contributed by atoms with van der Waals surface area (Å²) in [4.78, 5) is 2.48. The number of ether oxygens (including phenoxy) is 1. The fraction of sp³-hybridized carbons (Fsp3) is 0.667. The fourth-order valence-electron chi connectivity index (χ4n) is 3.05. The normalized spacial score (nSPS) is 16.8. The Balaban J connectivity index is 2.01. The van der Waals surface area contributed by atoms with Crippen LogP contribution in [0.5, 0.6) is 5.75 Å². The Kier molecular flexibility index (Phi) is 6.52. The minimum Gasteiger partial charge on any atom is -0.496 e. The highest BCUT2D eigenvalue weighted by Crippen LogP contribution is 2.29. The molecule has 1 unspecified atom stereocenters. The SMILES string of the molecule is CCCNC(CN(C)CC1CCC1)c1ccccc1OC. The maximum absolute atomic E-state index is 5.54. The Morgan fingerprint density at radius 3 is 2.71 bits per heavy atom. The highest BCUT2D eigenvalue weighted by molar-refractivity contribution is 5.36. The molecule has 1 fully saturated rings. The molecule has 0 spiro atoms. The monoisotopic (exact) mass is 290 g/mol. The van der Waals surface area contributed by atoms with Crippen LogP contribution in [-0.4, -0.2) is 38.7 Å². The van der Waals surface area contributed by atoms with Gasteiger partial charge in [-0.2, -0.15) is 0 Å². The first kappa shape index (κ1) is 16.3. The number of para-hydroxylation sites is 1. The van der Waals surface area contributed by atoms with Crippen molar-refractivity contribution >= 4 is 0 Å². The molecule has 1 aliphatic rings. The standard InChI is InChI=1S/C18H30N2O/c1-4-12-19-17(14-20(2)13-15-8-7-9-15)16-10-5-6-11-18(16)21-3/h5-6,10-11,15,17,19H,4,7-9,12-14H2,1-3H3. The number of hydrogen-bond donors (Lipinski definition) is 1. The molecule has 1 aromatic rings. The Morgan fingerprint density at radius 1 is 1.33 bits per heavy atom. The van der Waals surface area contributed by atoms with Crippen molar-refractivity contribution in [3.05, 3.63) is 29.8 Å². The van der Waals surface area contributed by atoms with E-state index in [1.54, 1.807) is 7.11 Å². The molecule has 0 aliphatic heterocycles. The first-order valence-electron chi connectivity index (χ1n) is 8.29. The lowest BCUT2D eigenvalue weighted by Crippen LogP contribution is -2.37. The van der Waals surface area contributed by atoms with E-state index in [0.29, 0.717) is 6.04 Å². The van der Waals surface area contributed by atoms with Gasteiger partial charge in [-0.25, -0.2) is 0 Å². The van der Waals surface area contributed by atoms with Crippen molar-refractivity contribution in [2.24, 2.45) is 5.92 Å². The zero-order valence-electron chi connectivity index (χ0n) is 13.8. The molecule has 2 rings (SSSR count). The van der Waals surface area contributed by atoms with E-state index in [1.165, 1.54) is 31.4 Å². The van der Waals surface area contributed by atoms with Crippen molar-refractivity contribution in [1.82, 2.24) is 10.2 Å². The van der Waals surface area contributed by atoms with Gasteiger partial charge in [-0.05, 0) is 44.8 Å². The summed E-state index contributed by atoms with van der Waals surface area (Å²) in [7, 11) is 4.00. The van der Waals surface area contributed by atoms with E-state index >= 15 is 0 Å². The number of nitrogens with one attached hydrogen (secondary N) is 1. The quantitative estimate of drug-likeness (QED) is 0.753. The molecule has 1 N–H and O–H groups in total. The van der Waals surface area contributed by atoms with E-state index in [4.69, 9.17) is 4.74 Å². The van der Waals surface area contributed by atoms with E-state index in [1.807, 2.05) is 6.07 Å². The second-order valence-corrected chi connectivity index (χ2v) is 6.27. The van der Waals surface area contributed by atoms with E-state index in [2.05, 4.69) is 42.4 Å². The molecule has 0 radical (unpaired) electrons. The molecule has 0 heterocycles. The minimum absolute atomic E-state index is 0.339. The molecule has 118 valence electrons. The predicted molar refractivity (Wildman–Crippen MR) is 88.9 cm³/mol. The average Bonchev–Trinajstić information content (AvgIpc) is 2.47. The molecule has 0 bridgehead atoms. The molecule has 1 aromatic carbocycles. The van der Waals surface area contributed by atoms with E-state index < -0.39 is 0 Å². The van der Waals surface area contributed by atoms with E-state index in [0.717, 1.165) is 31.2 Å². The highest BCUT2D eigenvalue weighted by Gasteiger charge is 2.22. The maximum atomic E-state index is 5.54. The lowest BCUT2D eigenvalue weighted by molar-refractivity contribution is 0.191. The molecule has 1 atom stereocenters. The van der Waals surface area contributed by atoms with Gasteiger partial charge < -0.3 is 15.0 Å². The lowest BCUT2D eigenvalue weighted by atomic mass is 9.85. The topological polar surface area (TPSA) is 24.5 Å². The van der Waals surface area contributed by atoms with Crippen LogP contribution in [0.3, 0.4) is 0 Å². The lowest BCUT2D eigenvalue weighted by Gasteiger charge is -2.32. The van der Waals surface area contributed by atoms with Crippen molar-refractivity contribution in [2.75, 3.05) is 33.8 Å². The van der Waals surface area contributed by atoms with Gasteiger partial charge in [0.15, 0.2) is 0 Å². The van der Waals surface area contributed by atoms with Crippen LogP contribution in [-0.2, 0) is 0 Å². The van der Waals surface area contributed by atoms with Gasteiger partial charge in [-0.3, -0.25) is 0 Å². The summed E-state index contributed by atoms with van der Waals surface area (Å²) in [5, 5.41) is 3.68. The summed E-state index contributed by atoms with van der Waals surface area (Å²) in [6.45, 7) is 5.51. The molecule has 0 saturated heterocycles. The van der Waals surface area contributed by atoms with E-state index in [9.17, 15) is 0 Å². The van der Waals surface area contributed by atoms with Crippen molar-refractivity contribution in [1.29, 1.82) is 0 Å². The second kappa shape index (κ2) is 8.40. The van der Waals surface area contributed by atoms with Crippen LogP contribution in [0.4, 0.5) is 0 Å². The summed E-state index contributed by atoms with van der Waals surface area (Å²) < 4.78 is 5.54. The summed E-state index contributed by atoms with van der Waals surface area (Å²) >= 11 is 0. The van der Waals surface area contributed by atoms with Crippen LogP contribution in [0.25, 0.3) is 0 Å². The first-order chi connectivity index (χ1) is 10.2. The smallest absolute Gasteiger partial charge is 0.123 e. The molecular weight excluding hydrogens is 260 g/mol. The molecule has 1 saturated carbocycles. The third-order valence-electron chi connectivity index (χ3n) is 4.44. The van der Waals surface area contributed by atoms with Gasteiger partial charge in [-0.15, -0.1) is 0 Å². The third kappa shape index (κ3) is 4.72. The average molecular weight is 290 g/mol. The molecule has 0 amide bonds. The number of nitrogens with zero attached hydrogens (tertiary/aromatic N) is 1. The Morgan fingerprint density at radius 2 is 2.10 bits per heavy atom. The van der Waals surface area contributed by atoms with Crippen LogP contribution < -0.4 is 10.1 Å². The number of likely N-dealkylation sites (N-methyl/N-ethyl adjacent to an activating group) is 1. The zero-order valence-corrected chi connectivity index (χ0v) is 13.8. The van der Waals surface area contributed by atoms with Crippen LogP contribution >= 0.6 is 0 Å². The van der Waals surface area contributed by atoms with Gasteiger partial charge in [0.05, 0.1) is 7.11 Å². The van der Waals surface area contributed by atoms with Crippen molar-refractivity contribution < 1.29 is 4.74 Å². The zero-order chi connectivity index (χ0) is 15.1. The van der Waals surface area contributed by atoms with Crippen molar-refractivity contribution in [3.8, 4) is 5.75 Å².